The van der Waals surface area contributed by atoms with Crippen molar-refractivity contribution in [3.05, 3.63) is 34.7 Å². The minimum absolute atomic E-state index is 0.297. The molecule has 0 aliphatic carbocycles. The summed E-state index contributed by atoms with van der Waals surface area (Å²) in [4.78, 5) is 0. The lowest BCUT2D eigenvalue weighted by Gasteiger charge is -2.30. The van der Waals surface area contributed by atoms with Crippen molar-refractivity contribution in [1.29, 1.82) is 0 Å². The maximum absolute atomic E-state index is 2.41. The van der Waals surface area contributed by atoms with E-state index in [-0.39, 0.29) is 0 Å². The normalized spacial score (nSPS) is 15.6. The largest absolute Gasteiger partial charge is 0.0646 e. The van der Waals surface area contributed by atoms with Crippen molar-refractivity contribution in [2.24, 2.45) is 10.8 Å². The van der Waals surface area contributed by atoms with Gasteiger partial charge in [0.1, 0.15) is 0 Å². The van der Waals surface area contributed by atoms with Crippen LogP contribution in [0.2, 0.25) is 0 Å². The van der Waals surface area contributed by atoms with Gasteiger partial charge in [0.25, 0.3) is 0 Å². The Morgan fingerprint density at radius 2 is 0.955 bits per heavy atom. The van der Waals surface area contributed by atoms with Crippen LogP contribution in [0.25, 0.3) is 11.1 Å². The Morgan fingerprint density at radius 1 is 0.682 bits per heavy atom. The van der Waals surface area contributed by atoms with Gasteiger partial charge in [-0.3, -0.25) is 0 Å². The van der Waals surface area contributed by atoms with Crippen LogP contribution >= 0.6 is 0 Å². The second-order valence-corrected chi connectivity index (χ2v) is 7.33. The molecular weight excluding hydrogens is 264 g/mol. The highest BCUT2D eigenvalue weighted by molar-refractivity contribution is 5.55. The maximum atomic E-state index is 2.41. The van der Waals surface area contributed by atoms with Crippen LogP contribution in [0, 0.1) is 10.8 Å². The lowest BCUT2D eigenvalue weighted by atomic mass is 9.74. The molecule has 0 spiro atoms. The first-order valence-corrected chi connectivity index (χ1v) is 9.07. The molecule has 0 bridgehead atoms. The van der Waals surface area contributed by atoms with E-state index in [4.69, 9.17) is 0 Å². The van der Waals surface area contributed by atoms with Gasteiger partial charge in [-0.25, -0.2) is 0 Å². The zero-order chi connectivity index (χ0) is 17.0. The maximum Gasteiger partial charge on any atom is -0.0115 e. The molecule has 0 nitrogen and oxygen atoms in total. The summed E-state index contributed by atoms with van der Waals surface area (Å²) in [5.41, 5.74) is 3.68. The van der Waals surface area contributed by atoms with Crippen LogP contribution in [0.15, 0.2) is 24.3 Å². The molecule has 0 fully saturated rings. The van der Waals surface area contributed by atoms with Gasteiger partial charge < -0.3 is 0 Å². The molecule has 0 aliphatic rings. The Balaban J connectivity index is 3.84. The fourth-order valence-corrected chi connectivity index (χ4v) is 3.35. The first kappa shape index (κ1) is 19.0. The van der Waals surface area contributed by atoms with E-state index >= 15 is 0 Å². The van der Waals surface area contributed by atoms with Crippen LogP contribution in [0.3, 0.4) is 0 Å². The summed E-state index contributed by atoms with van der Waals surface area (Å²) in [5, 5.41) is 2.92. The van der Waals surface area contributed by atoms with E-state index in [0.29, 0.717) is 10.8 Å². The van der Waals surface area contributed by atoms with E-state index < -0.39 is 0 Å². The van der Waals surface area contributed by atoms with Crippen LogP contribution < -0.4 is 10.4 Å². The first-order chi connectivity index (χ1) is 10.3. The van der Waals surface area contributed by atoms with Gasteiger partial charge in [-0.05, 0) is 60.8 Å². The van der Waals surface area contributed by atoms with Gasteiger partial charge in [0.2, 0.25) is 0 Å². The number of hydrogen-bond acceptors (Lipinski definition) is 0. The van der Waals surface area contributed by atoms with Crippen molar-refractivity contribution in [3.8, 4) is 0 Å². The third kappa shape index (κ3) is 3.47. The van der Waals surface area contributed by atoms with Gasteiger partial charge in [0.05, 0.1) is 0 Å². The first-order valence-electron chi connectivity index (χ1n) is 9.07. The number of benzene rings is 1. The molecule has 0 radical (unpaired) electrons. The fraction of sp³-hybridized carbons (Fsp3) is 0.636. The average molecular weight is 301 g/mol. The zero-order valence-electron chi connectivity index (χ0n) is 16.1. The molecule has 0 unspecified atom stereocenters. The molecule has 0 heterocycles. The SMILES string of the molecule is CCC(C)(CC)/C(C)=c1\cccc\c1=C(\C)C(C)(CC)CC. The topological polar surface area (TPSA) is 0 Å². The third-order valence-electron chi connectivity index (χ3n) is 6.67. The molecule has 1 rings (SSSR count). The lowest BCUT2D eigenvalue weighted by molar-refractivity contribution is 0.405. The van der Waals surface area contributed by atoms with Crippen LogP contribution in [-0.2, 0) is 0 Å². The zero-order valence-corrected chi connectivity index (χ0v) is 16.1. The molecule has 1 aromatic carbocycles. The molecule has 0 aliphatic heterocycles. The Kier molecular flexibility index (Phi) is 6.47. The quantitative estimate of drug-likeness (QED) is 0.634. The molecule has 0 saturated heterocycles. The molecule has 0 atom stereocenters. The van der Waals surface area contributed by atoms with E-state index in [0.717, 1.165) is 0 Å². The highest BCUT2D eigenvalue weighted by Gasteiger charge is 2.25. The van der Waals surface area contributed by atoms with Crippen molar-refractivity contribution in [1.82, 2.24) is 0 Å². The molecule has 0 saturated carbocycles. The van der Waals surface area contributed by atoms with E-state index in [1.165, 1.54) is 36.1 Å². The molecule has 1 aromatic rings. The van der Waals surface area contributed by atoms with Crippen molar-refractivity contribution in [2.45, 2.75) is 81.1 Å². The fourth-order valence-electron chi connectivity index (χ4n) is 3.35. The van der Waals surface area contributed by atoms with Gasteiger partial charge in [-0.1, -0.05) is 77.0 Å². The number of rotatable bonds is 6. The second kappa shape index (κ2) is 7.49. The average Bonchev–Trinajstić information content (AvgIpc) is 2.58. The Labute approximate surface area is 138 Å². The van der Waals surface area contributed by atoms with Crippen LogP contribution in [-0.4, -0.2) is 0 Å². The molecular formula is C22H36. The van der Waals surface area contributed by atoms with E-state index in [2.05, 4.69) is 79.7 Å². The van der Waals surface area contributed by atoms with Crippen LogP contribution in [0.5, 0.6) is 0 Å². The Morgan fingerprint density at radius 3 is 1.18 bits per heavy atom. The van der Waals surface area contributed by atoms with Gasteiger partial charge in [0, 0.05) is 0 Å². The van der Waals surface area contributed by atoms with E-state index in [9.17, 15) is 0 Å². The minimum Gasteiger partial charge on any atom is -0.0646 e. The summed E-state index contributed by atoms with van der Waals surface area (Å²) in [7, 11) is 0. The van der Waals surface area contributed by atoms with Crippen molar-refractivity contribution >= 4 is 11.1 Å². The number of hydrogen-bond donors (Lipinski definition) is 0. The highest BCUT2D eigenvalue weighted by atomic mass is 14.3. The van der Waals surface area contributed by atoms with E-state index in [1.54, 1.807) is 11.1 Å². The van der Waals surface area contributed by atoms with Gasteiger partial charge in [-0.2, -0.15) is 0 Å². The summed E-state index contributed by atoms with van der Waals surface area (Å²) in [5.74, 6) is 0. The van der Waals surface area contributed by atoms with Gasteiger partial charge in [0.15, 0.2) is 0 Å². The third-order valence-corrected chi connectivity index (χ3v) is 6.67. The van der Waals surface area contributed by atoms with Crippen LogP contribution in [0.1, 0.15) is 81.1 Å². The molecule has 0 N–H and O–H groups in total. The van der Waals surface area contributed by atoms with Gasteiger partial charge >= 0.3 is 0 Å². The van der Waals surface area contributed by atoms with Crippen molar-refractivity contribution in [2.75, 3.05) is 0 Å². The lowest BCUT2D eigenvalue weighted by Crippen LogP contribution is -2.36. The molecule has 0 amide bonds. The predicted molar refractivity (Wildman–Crippen MR) is 101 cm³/mol. The predicted octanol–water partition coefficient (Wildman–Crippen LogP) is 5.68. The minimum atomic E-state index is 0.297. The molecule has 124 valence electrons. The van der Waals surface area contributed by atoms with Gasteiger partial charge in [-0.15, -0.1) is 0 Å². The monoisotopic (exact) mass is 300 g/mol. The molecule has 22 heavy (non-hydrogen) atoms. The summed E-state index contributed by atoms with van der Waals surface area (Å²) < 4.78 is 0. The van der Waals surface area contributed by atoms with Crippen molar-refractivity contribution < 1.29 is 0 Å². The highest BCUT2D eigenvalue weighted by Crippen LogP contribution is 2.35. The standard InChI is InChI=1S/C22H36/c1-9-21(7,10-2)17(5)19-15-13-14-16-20(19)18(6)22(8,11-3)12-4/h13-16H,9-12H2,1-8H3/b19-17+,20-18+. The molecule has 0 aromatic heterocycles. The Hall–Kier alpha value is -1.04. The summed E-state index contributed by atoms with van der Waals surface area (Å²) >= 11 is 0. The summed E-state index contributed by atoms with van der Waals surface area (Å²) in [6.07, 6.45) is 4.78. The van der Waals surface area contributed by atoms with Crippen molar-refractivity contribution in [3.63, 3.8) is 0 Å². The molecule has 0 heteroatoms. The van der Waals surface area contributed by atoms with Crippen LogP contribution in [0.4, 0.5) is 0 Å². The Bertz CT molecular complexity index is 540. The van der Waals surface area contributed by atoms with E-state index in [1.807, 2.05) is 0 Å². The summed E-state index contributed by atoms with van der Waals surface area (Å²) in [6, 6.07) is 9.03. The second-order valence-electron chi connectivity index (χ2n) is 7.33. The summed E-state index contributed by atoms with van der Waals surface area (Å²) in [6.45, 7) is 18.8. The smallest absolute Gasteiger partial charge is 0.0115 e.